The second-order valence-corrected chi connectivity index (χ2v) is 8.11. The maximum atomic E-state index is 12.9. The van der Waals surface area contributed by atoms with Crippen LogP contribution in [-0.2, 0) is 11.2 Å². The van der Waals surface area contributed by atoms with Crippen LogP contribution < -0.4 is 9.64 Å². The summed E-state index contributed by atoms with van der Waals surface area (Å²) in [6.07, 6.45) is 8.77. The van der Waals surface area contributed by atoms with E-state index in [1.165, 1.54) is 31.2 Å². The Kier molecular flexibility index (Phi) is 7.74. The molecule has 2 aromatic rings. The number of hydrogen-bond acceptors (Lipinski definition) is 2. The number of piperidine rings is 1. The third-order valence-corrected chi connectivity index (χ3v) is 5.88. The third-order valence-electron chi connectivity index (χ3n) is 5.88. The number of aryl methyl sites for hydroxylation is 2. The number of anilines is 1. The second kappa shape index (κ2) is 10.5. The Morgan fingerprint density at radius 1 is 1.03 bits per heavy atom. The minimum absolute atomic E-state index is 0.0754. The van der Waals surface area contributed by atoms with E-state index in [1.807, 2.05) is 11.8 Å². The highest BCUT2D eigenvalue weighted by Gasteiger charge is 2.30. The number of hydrogen-bond donors (Lipinski definition) is 0. The third kappa shape index (κ3) is 5.41. The Labute approximate surface area is 176 Å². The zero-order valence-electron chi connectivity index (χ0n) is 18.2. The van der Waals surface area contributed by atoms with Crippen molar-refractivity contribution in [2.24, 2.45) is 0 Å². The van der Waals surface area contributed by atoms with Crippen LogP contribution in [-0.4, -0.2) is 12.5 Å². The van der Waals surface area contributed by atoms with Crippen molar-refractivity contribution >= 4 is 11.6 Å². The summed E-state index contributed by atoms with van der Waals surface area (Å²) in [6, 6.07) is 15.1. The van der Waals surface area contributed by atoms with Gasteiger partial charge in [-0.2, -0.15) is 0 Å². The van der Waals surface area contributed by atoms with Crippen LogP contribution in [0.4, 0.5) is 5.69 Å². The van der Waals surface area contributed by atoms with Crippen LogP contribution in [0.3, 0.4) is 0 Å². The van der Waals surface area contributed by atoms with Gasteiger partial charge in [-0.15, -0.1) is 0 Å². The van der Waals surface area contributed by atoms with E-state index < -0.39 is 0 Å². The van der Waals surface area contributed by atoms with Crippen LogP contribution >= 0.6 is 0 Å². The Morgan fingerprint density at radius 3 is 2.55 bits per heavy atom. The molecular formula is C26H35NO2. The van der Waals surface area contributed by atoms with Crippen molar-refractivity contribution < 1.29 is 9.53 Å². The van der Waals surface area contributed by atoms with Crippen LogP contribution in [0.5, 0.6) is 5.75 Å². The van der Waals surface area contributed by atoms with Crippen LogP contribution in [0.15, 0.2) is 42.5 Å². The molecule has 1 aliphatic heterocycles. The Bertz CT molecular complexity index is 797. The van der Waals surface area contributed by atoms with Gasteiger partial charge in [0.05, 0.1) is 12.6 Å². The minimum atomic E-state index is 0.0754. The molecule has 0 N–H and O–H groups in total. The van der Waals surface area contributed by atoms with Crippen molar-refractivity contribution in [2.45, 2.75) is 78.2 Å². The van der Waals surface area contributed by atoms with Gasteiger partial charge in [0, 0.05) is 12.1 Å². The summed E-state index contributed by atoms with van der Waals surface area (Å²) >= 11 is 0. The predicted octanol–water partition coefficient (Wildman–Crippen LogP) is 6.77. The van der Waals surface area contributed by atoms with Gasteiger partial charge in [0.2, 0.25) is 5.91 Å². The number of ether oxygens (including phenoxy) is 1. The van der Waals surface area contributed by atoms with Crippen LogP contribution in [0.25, 0.3) is 0 Å². The number of carbonyl (C=O) groups excluding carboxylic acids is 1. The van der Waals surface area contributed by atoms with E-state index in [2.05, 4.69) is 56.3 Å². The normalized spacial score (nSPS) is 16.9. The maximum absolute atomic E-state index is 12.9. The van der Waals surface area contributed by atoms with E-state index >= 15 is 0 Å². The minimum Gasteiger partial charge on any atom is -0.494 e. The molecule has 156 valence electrons. The first-order valence-electron chi connectivity index (χ1n) is 11.3. The molecule has 3 nitrogen and oxygen atoms in total. The first kappa shape index (κ1) is 21.4. The fourth-order valence-corrected chi connectivity index (χ4v) is 4.22. The molecule has 1 aliphatic rings. The van der Waals surface area contributed by atoms with Gasteiger partial charge in [0.15, 0.2) is 0 Å². The largest absolute Gasteiger partial charge is 0.494 e. The van der Waals surface area contributed by atoms with Gasteiger partial charge in [-0.05, 0) is 74.4 Å². The molecule has 0 spiro atoms. The van der Waals surface area contributed by atoms with Crippen molar-refractivity contribution in [1.82, 2.24) is 0 Å². The van der Waals surface area contributed by atoms with Crippen LogP contribution in [0, 0.1) is 6.92 Å². The zero-order chi connectivity index (χ0) is 20.6. The van der Waals surface area contributed by atoms with Gasteiger partial charge in [0.25, 0.3) is 0 Å². The molecule has 1 amide bonds. The molecule has 1 saturated heterocycles. The number of unbranched alkanes of at least 4 members (excludes halogenated alkanes) is 3. The van der Waals surface area contributed by atoms with E-state index in [0.717, 1.165) is 41.8 Å². The van der Waals surface area contributed by atoms with Gasteiger partial charge >= 0.3 is 0 Å². The lowest BCUT2D eigenvalue weighted by molar-refractivity contribution is -0.120. The Balaban J connectivity index is 1.80. The topological polar surface area (TPSA) is 29.5 Å². The monoisotopic (exact) mass is 393 g/mol. The van der Waals surface area contributed by atoms with E-state index in [9.17, 15) is 4.79 Å². The highest BCUT2D eigenvalue weighted by atomic mass is 16.5. The predicted molar refractivity (Wildman–Crippen MR) is 121 cm³/mol. The van der Waals surface area contributed by atoms with Gasteiger partial charge in [-0.25, -0.2) is 0 Å². The Hall–Kier alpha value is -2.29. The zero-order valence-corrected chi connectivity index (χ0v) is 18.2. The van der Waals surface area contributed by atoms with Gasteiger partial charge < -0.3 is 9.64 Å². The number of carbonyl (C=O) groups is 1. The molecule has 29 heavy (non-hydrogen) atoms. The summed E-state index contributed by atoms with van der Waals surface area (Å²) in [5.41, 5.74) is 4.67. The molecule has 0 bridgehead atoms. The smallest absolute Gasteiger partial charge is 0.227 e. The SMILES string of the molecule is CCCCCCc1ccc(N2C(=O)CCCC2c2ccc(C)c(OCC)c2)cc1. The number of amides is 1. The summed E-state index contributed by atoms with van der Waals surface area (Å²) in [5, 5.41) is 0. The number of rotatable bonds is 9. The summed E-state index contributed by atoms with van der Waals surface area (Å²) in [4.78, 5) is 14.9. The van der Waals surface area contributed by atoms with Gasteiger partial charge in [-0.1, -0.05) is 50.5 Å². The molecule has 0 aromatic heterocycles. The highest BCUT2D eigenvalue weighted by Crippen LogP contribution is 2.37. The molecule has 2 aromatic carbocycles. The highest BCUT2D eigenvalue weighted by molar-refractivity contribution is 5.95. The molecule has 1 fully saturated rings. The van der Waals surface area contributed by atoms with E-state index in [0.29, 0.717) is 13.0 Å². The fourth-order valence-electron chi connectivity index (χ4n) is 4.22. The second-order valence-electron chi connectivity index (χ2n) is 8.11. The van der Waals surface area contributed by atoms with Gasteiger partial charge in [0.1, 0.15) is 5.75 Å². The molecule has 3 rings (SSSR count). The lowest BCUT2D eigenvalue weighted by Gasteiger charge is -2.36. The van der Waals surface area contributed by atoms with E-state index in [1.54, 1.807) is 0 Å². The molecule has 0 saturated carbocycles. The quantitative estimate of drug-likeness (QED) is 0.440. The molecule has 1 unspecified atom stereocenters. The van der Waals surface area contributed by atoms with Gasteiger partial charge in [-0.3, -0.25) is 4.79 Å². The van der Waals surface area contributed by atoms with Crippen molar-refractivity contribution in [1.29, 1.82) is 0 Å². The first-order valence-corrected chi connectivity index (χ1v) is 11.3. The van der Waals surface area contributed by atoms with Crippen LogP contribution in [0.2, 0.25) is 0 Å². The lowest BCUT2D eigenvalue weighted by atomic mass is 9.93. The van der Waals surface area contributed by atoms with Crippen LogP contribution in [0.1, 0.15) is 81.5 Å². The summed E-state index contributed by atoms with van der Waals surface area (Å²) in [6.45, 7) is 6.97. The lowest BCUT2D eigenvalue weighted by Crippen LogP contribution is -2.38. The first-order chi connectivity index (χ1) is 14.1. The average Bonchev–Trinajstić information content (AvgIpc) is 2.73. The molecule has 0 radical (unpaired) electrons. The van der Waals surface area contributed by atoms with Crippen molar-refractivity contribution in [3.63, 3.8) is 0 Å². The maximum Gasteiger partial charge on any atom is 0.227 e. The summed E-state index contributed by atoms with van der Waals surface area (Å²) in [7, 11) is 0. The standard InChI is InChI=1S/C26H35NO2/c1-4-6-7-8-10-21-14-17-23(18-15-21)27-24(11-9-12-26(27)28)22-16-13-20(3)25(19-22)29-5-2/h13-19,24H,4-12H2,1-3H3. The summed E-state index contributed by atoms with van der Waals surface area (Å²) in [5.74, 6) is 1.14. The summed E-state index contributed by atoms with van der Waals surface area (Å²) < 4.78 is 5.80. The number of nitrogens with zero attached hydrogens (tertiary/aromatic N) is 1. The Morgan fingerprint density at radius 2 is 1.83 bits per heavy atom. The molecule has 0 aliphatic carbocycles. The molecule has 3 heteroatoms. The fraction of sp³-hybridized carbons (Fsp3) is 0.500. The van der Waals surface area contributed by atoms with Crippen molar-refractivity contribution in [2.75, 3.05) is 11.5 Å². The van der Waals surface area contributed by atoms with E-state index in [4.69, 9.17) is 4.74 Å². The number of benzene rings is 2. The molecular weight excluding hydrogens is 358 g/mol. The van der Waals surface area contributed by atoms with E-state index in [-0.39, 0.29) is 11.9 Å². The molecule has 1 atom stereocenters. The molecule has 1 heterocycles. The van der Waals surface area contributed by atoms with Crippen molar-refractivity contribution in [3.8, 4) is 5.75 Å². The van der Waals surface area contributed by atoms with Crippen molar-refractivity contribution in [3.05, 3.63) is 59.2 Å². The average molecular weight is 394 g/mol.